The molecule has 1 heterocycles. The number of thiophene rings is 1. The second kappa shape index (κ2) is 2.87. The third-order valence-corrected chi connectivity index (χ3v) is 2.52. The molecule has 62 valence electrons. The predicted octanol–water partition coefficient (Wildman–Crippen LogP) is 2.14. The summed E-state index contributed by atoms with van der Waals surface area (Å²) >= 11 is 0.971. The zero-order valence-corrected chi connectivity index (χ0v) is 6.79. The average molecular weight is 178 g/mol. The lowest BCUT2D eigenvalue weighted by Gasteiger charge is -2.11. The van der Waals surface area contributed by atoms with E-state index in [4.69, 9.17) is 5.11 Å². The SMILES string of the molecule is Cc1ccsc1C(F)(F)CO. The van der Waals surface area contributed by atoms with E-state index in [0.717, 1.165) is 11.3 Å². The number of aliphatic hydroxyl groups excluding tert-OH is 1. The van der Waals surface area contributed by atoms with Crippen LogP contribution >= 0.6 is 11.3 Å². The fourth-order valence-electron chi connectivity index (χ4n) is 0.819. The van der Waals surface area contributed by atoms with Crippen LogP contribution in [0, 0.1) is 6.92 Å². The summed E-state index contributed by atoms with van der Waals surface area (Å²) < 4.78 is 25.5. The molecule has 4 heteroatoms. The lowest BCUT2D eigenvalue weighted by Crippen LogP contribution is -2.17. The van der Waals surface area contributed by atoms with Crippen LogP contribution in [0.25, 0.3) is 0 Å². The van der Waals surface area contributed by atoms with E-state index in [-0.39, 0.29) is 4.88 Å². The van der Waals surface area contributed by atoms with Gasteiger partial charge in [0.1, 0.15) is 6.61 Å². The molecule has 0 saturated heterocycles. The summed E-state index contributed by atoms with van der Waals surface area (Å²) in [5.41, 5.74) is 0.536. The Bertz CT molecular complexity index is 244. The van der Waals surface area contributed by atoms with Crippen molar-refractivity contribution in [2.45, 2.75) is 12.8 Å². The highest BCUT2D eigenvalue weighted by Crippen LogP contribution is 2.33. The van der Waals surface area contributed by atoms with Crippen LogP contribution in [0.15, 0.2) is 11.4 Å². The first-order valence-corrected chi connectivity index (χ1v) is 3.99. The zero-order valence-electron chi connectivity index (χ0n) is 5.97. The highest BCUT2D eigenvalue weighted by atomic mass is 32.1. The first-order valence-electron chi connectivity index (χ1n) is 3.11. The fourth-order valence-corrected chi connectivity index (χ4v) is 1.72. The first-order chi connectivity index (χ1) is 5.08. The molecule has 11 heavy (non-hydrogen) atoms. The Morgan fingerprint density at radius 1 is 1.64 bits per heavy atom. The number of rotatable bonds is 2. The van der Waals surface area contributed by atoms with Crippen molar-refractivity contribution in [3.8, 4) is 0 Å². The van der Waals surface area contributed by atoms with E-state index >= 15 is 0 Å². The van der Waals surface area contributed by atoms with Crippen molar-refractivity contribution in [3.63, 3.8) is 0 Å². The normalized spacial score (nSPS) is 12.0. The highest BCUT2D eigenvalue weighted by Gasteiger charge is 2.33. The van der Waals surface area contributed by atoms with Crippen LogP contribution in [-0.4, -0.2) is 11.7 Å². The molecule has 1 nitrogen and oxygen atoms in total. The van der Waals surface area contributed by atoms with E-state index in [1.807, 2.05) is 0 Å². The van der Waals surface area contributed by atoms with Gasteiger partial charge in [0.2, 0.25) is 0 Å². The summed E-state index contributed by atoms with van der Waals surface area (Å²) in [4.78, 5) is -0.0417. The number of hydrogen-bond acceptors (Lipinski definition) is 2. The van der Waals surface area contributed by atoms with Crippen LogP contribution < -0.4 is 0 Å². The Kier molecular flexibility index (Phi) is 2.25. The minimum atomic E-state index is -3.07. The number of aryl methyl sites for hydroxylation is 1. The molecule has 0 unspecified atom stereocenters. The number of halogens is 2. The highest BCUT2D eigenvalue weighted by molar-refractivity contribution is 7.10. The summed E-state index contributed by atoms with van der Waals surface area (Å²) in [5.74, 6) is -3.07. The molecule has 1 aromatic heterocycles. The molecule has 0 aliphatic rings. The molecule has 0 bridgehead atoms. The summed E-state index contributed by atoms with van der Waals surface area (Å²) in [6.45, 7) is 0.490. The van der Waals surface area contributed by atoms with Crippen molar-refractivity contribution in [3.05, 3.63) is 21.9 Å². The zero-order chi connectivity index (χ0) is 8.48. The third kappa shape index (κ3) is 1.57. The van der Waals surface area contributed by atoms with Crippen molar-refractivity contribution < 1.29 is 13.9 Å². The van der Waals surface area contributed by atoms with E-state index in [1.54, 1.807) is 18.4 Å². The van der Waals surface area contributed by atoms with E-state index in [9.17, 15) is 8.78 Å². The van der Waals surface area contributed by atoms with E-state index < -0.39 is 12.5 Å². The Labute approximate surface area is 67.3 Å². The molecule has 0 aromatic carbocycles. The van der Waals surface area contributed by atoms with Gasteiger partial charge in [0, 0.05) is 0 Å². The van der Waals surface area contributed by atoms with Crippen LogP contribution in [0.4, 0.5) is 8.78 Å². The van der Waals surface area contributed by atoms with E-state index in [0.29, 0.717) is 5.56 Å². The van der Waals surface area contributed by atoms with Gasteiger partial charge in [0.05, 0.1) is 4.88 Å². The first kappa shape index (κ1) is 8.62. The number of alkyl halides is 2. The molecule has 0 spiro atoms. The van der Waals surface area contributed by atoms with Crippen molar-refractivity contribution in [2.75, 3.05) is 6.61 Å². The molecule has 0 aliphatic heterocycles. The average Bonchev–Trinajstić information content (AvgIpc) is 2.36. The van der Waals surface area contributed by atoms with Crippen LogP contribution in [0.5, 0.6) is 0 Å². The van der Waals surface area contributed by atoms with Crippen LogP contribution in [0.3, 0.4) is 0 Å². The second-order valence-corrected chi connectivity index (χ2v) is 3.21. The topological polar surface area (TPSA) is 20.2 Å². The van der Waals surface area contributed by atoms with Crippen LogP contribution in [0.2, 0.25) is 0 Å². The molecule has 0 amide bonds. The monoisotopic (exact) mass is 178 g/mol. The Hall–Kier alpha value is -0.480. The summed E-state index contributed by atoms with van der Waals surface area (Å²) in [7, 11) is 0. The predicted molar refractivity (Wildman–Crippen MR) is 40.0 cm³/mol. The van der Waals surface area contributed by atoms with Crippen molar-refractivity contribution in [1.29, 1.82) is 0 Å². The van der Waals surface area contributed by atoms with Gasteiger partial charge >= 0.3 is 5.92 Å². The van der Waals surface area contributed by atoms with Gasteiger partial charge in [-0.25, -0.2) is 0 Å². The number of hydrogen-bond donors (Lipinski definition) is 1. The van der Waals surface area contributed by atoms with Crippen LogP contribution in [-0.2, 0) is 5.92 Å². The summed E-state index contributed by atoms with van der Waals surface area (Å²) in [6.07, 6.45) is 0. The number of aliphatic hydroxyl groups is 1. The van der Waals surface area contributed by atoms with Gasteiger partial charge in [0.25, 0.3) is 0 Å². The lowest BCUT2D eigenvalue weighted by molar-refractivity contribution is -0.0528. The second-order valence-electron chi connectivity index (χ2n) is 2.30. The van der Waals surface area contributed by atoms with Gasteiger partial charge in [-0.15, -0.1) is 11.3 Å². The maximum Gasteiger partial charge on any atom is 0.304 e. The maximum atomic E-state index is 12.7. The molecule has 0 fully saturated rings. The smallest absolute Gasteiger partial charge is 0.304 e. The van der Waals surface area contributed by atoms with Gasteiger partial charge in [-0.2, -0.15) is 8.78 Å². The summed E-state index contributed by atoms with van der Waals surface area (Å²) in [6, 6.07) is 1.61. The van der Waals surface area contributed by atoms with Gasteiger partial charge in [-0.05, 0) is 23.9 Å². The molecule has 0 saturated carbocycles. The molecule has 0 atom stereocenters. The van der Waals surface area contributed by atoms with Gasteiger partial charge in [0.15, 0.2) is 0 Å². The molecular formula is C7H8F2OS. The summed E-state index contributed by atoms with van der Waals surface area (Å²) in [5, 5.41) is 9.94. The molecule has 1 aromatic rings. The van der Waals surface area contributed by atoms with E-state index in [1.165, 1.54) is 0 Å². The fraction of sp³-hybridized carbons (Fsp3) is 0.429. The van der Waals surface area contributed by atoms with Gasteiger partial charge < -0.3 is 5.11 Å². The Balaban J connectivity index is 3.00. The standard InChI is InChI=1S/C7H8F2OS/c1-5-2-3-11-6(5)7(8,9)4-10/h2-3,10H,4H2,1H3. The largest absolute Gasteiger partial charge is 0.390 e. The minimum absolute atomic E-state index is 0.0417. The maximum absolute atomic E-state index is 12.7. The lowest BCUT2D eigenvalue weighted by atomic mass is 10.2. The third-order valence-electron chi connectivity index (χ3n) is 1.39. The van der Waals surface area contributed by atoms with Crippen molar-refractivity contribution in [2.24, 2.45) is 0 Å². The minimum Gasteiger partial charge on any atom is -0.390 e. The van der Waals surface area contributed by atoms with Crippen LogP contribution in [0.1, 0.15) is 10.4 Å². The van der Waals surface area contributed by atoms with Crippen molar-refractivity contribution in [1.82, 2.24) is 0 Å². The Morgan fingerprint density at radius 3 is 2.64 bits per heavy atom. The quantitative estimate of drug-likeness (QED) is 0.735. The van der Waals surface area contributed by atoms with Gasteiger partial charge in [-0.3, -0.25) is 0 Å². The molecule has 0 radical (unpaired) electrons. The molecular weight excluding hydrogens is 170 g/mol. The Morgan fingerprint density at radius 2 is 2.27 bits per heavy atom. The van der Waals surface area contributed by atoms with Gasteiger partial charge in [-0.1, -0.05) is 0 Å². The molecule has 1 rings (SSSR count). The molecule has 1 N–H and O–H groups in total. The molecule has 0 aliphatic carbocycles. The van der Waals surface area contributed by atoms with Crippen molar-refractivity contribution >= 4 is 11.3 Å². The van der Waals surface area contributed by atoms with E-state index in [2.05, 4.69) is 0 Å².